The van der Waals surface area contributed by atoms with Crippen LogP contribution in [0, 0.1) is 0 Å². The van der Waals surface area contributed by atoms with E-state index in [0.29, 0.717) is 48.5 Å². The van der Waals surface area contributed by atoms with Gasteiger partial charge in [0.25, 0.3) is 5.91 Å². The lowest BCUT2D eigenvalue weighted by Crippen LogP contribution is -2.61. The van der Waals surface area contributed by atoms with Gasteiger partial charge in [0.2, 0.25) is 0 Å². The van der Waals surface area contributed by atoms with E-state index in [-0.39, 0.29) is 11.9 Å². The van der Waals surface area contributed by atoms with Crippen molar-refractivity contribution in [3.63, 3.8) is 0 Å². The molecule has 8 heteroatoms. The molecule has 2 heterocycles. The molecular formula is C21H21N3O5. The third-order valence-electron chi connectivity index (χ3n) is 5.19. The molecule has 0 aromatic heterocycles. The number of piperidine rings is 1. The van der Waals surface area contributed by atoms with Crippen molar-refractivity contribution in [2.24, 2.45) is 0 Å². The predicted molar refractivity (Wildman–Crippen MR) is 105 cm³/mol. The van der Waals surface area contributed by atoms with Crippen molar-refractivity contribution >= 4 is 23.6 Å². The van der Waals surface area contributed by atoms with Gasteiger partial charge in [0, 0.05) is 31.6 Å². The van der Waals surface area contributed by atoms with E-state index in [0.717, 1.165) is 0 Å². The zero-order valence-corrected chi connectivity index (χ0v) is 15.9. The molecule has 0 radical (unpaired) electrons. The molecule has 2 aromatic carbocycles. The maximum absolute atomic E-state index is 12.6. The number of fused-ring (bicyclic) bond motifs is 1. The van der Waals surface area contributed by atoms with E-state index in [2.05, 4.69) is 15.4 Å². The minimum absolute atomic E-state index is 0.157. The van der Waals surface area contributed by atoms with Crippen molar-refractivity contribution in [3.8, 4) is 5.75 Å². The molecule has 1 spiro atoms. The van der Waals surface area contributed by atoms with Gasteiger partial charge in [-0.05, 0) is 36.4 Å². The fraction of sp³-hybridized carbons (Fsp3) is 0.286. The Balaban J connectivity index is 1.37. The highest BCUT2D eigenvalue weighted by molar-refractivity contribution is 5.98. The summed E-state index contributed by atoms with van der Waals surface area (Å²) in [5, 5.41) is 5.77. The molecule has 4 rings (SSSR count). The lowest BCUT2D eigenvalue weighted by Gasteiger charge is -2.44. The summed E-state index contributed by atoms with van der Waals surface area (Å²) in [6.45, 7) is 0.878. The Bertz CT molecular complexity index is 949. The summed E-state index contributed by atoms with van der Waals surface area (Å²) in [6.07, 6.45) is 0.976. The van der Waals surface area contributed by atoms with Gasteiger partial charge >= 0.3 is 12.0 Å². The van der Waals surface area contributed by atoms with Gasteiger partial charge in [-0.1, -0.05) is 12.1 Å². The van der Waals surface area contributed by atoms with Crippen LogP contribution in [0.5, 0.6) is 5.75 Å². The summed E-state index contributed by atoms with van der Waals surface area (Å²) in [6, 6.07) is 13.4. The molecule has 1 fully saturated rings. The second-order valence-electron chi connectivity index (χ2n) is 7.03. The number of nitrogens with zero attached hydrogens (tertiary/aromatic N) is 1. The molecule has 2 aliphatic heterocycles. The quantitative estimate of drug-likeness (QED) is 0.762. The second-order valence-corrected chi connectivity index (χ2v) is 7.03. The van der Waals surface area contributed by atoms with E-state index in [1.165, 1.54) is 7.11 Å². The van der Waals surface area contributed by atoms with Crippen molar-refractivity contribution in [1.82, 2.24) is 10.2 Å². The van der Waals surface area contributed by atoms with E-state index in [1.807, 2.05) is 6.07 Å². The summed E-state index contributed by atoms with van der Waals surface area (Å²) in [4.78, 5) is 38.1. The number of ether oxygens (including phenoxy) is 2. The number of likely N-dealkylation sites (tertiary alicyclic amines) is 1. The Hall–Kier alpha value is -3.55. The molecule has 0 unspecified atom stereocenters. The van der Waals surface area contributed by atoms with E-state index < -0.39 is 11.7 Å². The zero-order chi connectivity index (χ0) is 20.4. The first-order chi connectivity index (χ1) is 14.0. The van der Waals surface area contributed by atoms with Gasteiger partial charge in [0.1, 0.15) is 5.75 Å². The number of urea groups is 1. The standard InChI is InChI=1S/C21H21N3O5/c1-28-19(26)14-6-8-15(9-7-14)22-20(27)24-12-10-21(11-13-24)23-18(25)16-4-2-3-5-17(16)29-21/h2-9H,10-13H2,1H3,(H,22,27)(H,23,25). The van der Waals surface area contributed by atoms with Crippen LogP contribution in [0.3, 0.4) is 0 Å². The Morgan fingerprint density at radius 2 is 1.79 bits per heavy atom. The van der Waals surface area contributed by atoms with Crippen LogP contribution < -0.4 is 15.4 Å². The van der Waals surface area contributed by atoms with Crippen LogP contribution in [-0.4, -0.2) is 48.7 Å². The third kappa shape index (κ3) is 3.73. The van der Waals surface area contributed by atoms with E-state index in [4.69, 9.17) is 4.74 Å². The number of para-hydroxylation sites is 1. The van der Waals surface area contributed by atoms with Gasteiger partial charge in [0.15, 0.2) is 5.72 Å². The normalized spacial score (nSPS) is 17.0. The van der Waals surface area contributed by atoms with Crippen molar-refractivity contribution < 1.29 is 23.9 Å². The number of benzene rings is 2. The van der Waals surface area contributed by atoms with Crippen LogP contribution in [0.2, 0.25) is 0 Å². The number of hydrogen-bond acceptors (Lipinski definition) is 5. The summed E-state index contributed by atoms with van der Waals surface area (Å²) >= 11 is 0. The van der Waals surface area contributed by atoms with Crippen molar-refractivity contribution in [3.05, 3.63) is 59.7 Å². The first-order valence-electron chi connectivity index (χ1n) is 9.34. The van der Waals surface area contributed by atoms with Crippen LogP contribution in [-0.2, 0) is 4.74 Å². The fourth-order valence-electron chi connectivity index (χ4n) is 3.56. The van der Waals surface area contributed by atoms with Crippen molar-refractivity contribution in [1.29, 1.82) is 0 Å². The highest BCUT2D eigenvalue weighted by Crippen LogP contribution is 2.33. The molecule has 2 aromatic rings. The maximum Gasteiger partial charge on any atom is 0.337 e. The summed E-state index contributed by atoms with van der Waals surface area (Å²) in [5.41, 5.74) is 0.730. The van der Waals surface area contributed by atoms with Crippen LogP contribution in [0.1, 0.15) is 33.6 Å². The topological polar surface area (TPSA) is 97.0 Å². The molecule has 29 heavy (non-hydrogen) atoms. The number of nitrogens with one attached hydrogen (secondary N) is 2. The van der Waals surface area contributed by atoms with E-state index in [1.54, 1.807) is 47.4 Å². The van der Waals surface area contributed by atoms with Gasteiger partial charge in [-0.25, -0.2) is 9.59 Å². The average Bonchev–Trinajstić information content (AvgIpc) is 2.74. The summed E-state index contributed by atoms with van der Waals surface area (Å²) < 4.78 is 10.7. The second kappa shape index (κ2) is 7.46. The van der Waals surface area contributed by atoms with Crippen molar-refractivity contribution in [2.45, 2.75) is 18.6 Å². The van der Waals surface area contributed by atoms with Gasteiger partial charge in [0.05, 0.1) is 18.2 Å². The smallest absolute Gasteiger partial charge is 0.337 e. The number of hydrogen-bond donors (Lipinski definition) is 2. The molecule has 2 aliphatic rings. The Morgan fingerprint density at radius 1 is 1.10 bits per heavy atom. The molecule has 0 atom stereocenters. The van der Waals surface area contributed by atoms with Gasteiger partial charge in [-0.3, -0.25) is 4.79 Å². The zero-order valence-electron chi connectivity index (χ0n) is 15.9. The number of carbonyl (C=O) groups is 3. The Labute approximate surface area is 167 Å². The van der Waals surface area contributed by atoms with Gasteiger partial charge in [-0.2, -0.15) is 0 Å². The summed E-state index contributed by atoms with van der Waals surface area (Å²) in [5.74, 6) is -0.0180. The molecule has 1 saturated heterocycles. The SMILES string of the molecule is COC(=O)c1ccc(NC(=O)N2CCC3(CC2)NC(=O)c2ccccc2O3)cc1. The molecule has 0 bridgehead atoms. The van der Waals surface area contributed by atoms with Gasteiger partial charge in [-0.15, -0.1) is 0 Å². The third-order valence-corrected chi connectivity index (χ3v) is 5.19. The molecule has 150 valence electrons. The van der Waals surface area contributed by atoms with Crippen LogP contribution in [0.25, 0.3) is 0 Å². The first-order valence-corrected chi connectivity index (χ1v) is 9.34. The average molecular weight is 395 g/mol. The largest absolute Gasteiger partial charge is 0.467 e. The molecule has 8 nitrogen and oxygen atoms in total. The van der Waals surface area contributed by atoms with E-state index >= 15 is 0 Å². The minimum atomic E-state index is -0.787. The number of esters is 1. The highest BCUT2D eigenvalue weighted by Gasteiger charge is 2.43. The lowest BCUT2D eigenvalue weighted by atomic mass is 9.97. The molecule has 0 saturated carbocycles. The number of methoxy groups -OCH3 is 1. The summed E-state index contributed by atoms with van der Waals surface area (Å²) in [7, 11) is 1.32. The monoisotopic (exact) mass is 395 g/mol. The first kappa shape index (κ1) is 18.8. The van der Waals surface area contributed by atoms with Gasteiger partial charge < -0.3 is 25.0 Å². The lowest BCUT2D eigenvalue weighted by molar-refractivity contribution is -0.0203. The van der Waals surface area contributed by atoms with E-state index in [9.17, 15) is 14.4 Å². The fourth-order valence-corrected chi connectivity index (χ4v) is 3.56. The Kier molecular flexibility index (Phi) is 4.84. The van der Waals surface area contributed by atoms with Crippen LogP contribution in [0.15, 0.2) is 48.5 Å². The molecule has 3 amide bonds. The molecule has 2 N–H and O–H groups in total. The number of anilines is 1. The Morgan fingerprint density at radius 3 is 2.48 bits per heavy atom. The predicted octanol–water partition coefficient (Wildman–Crippen LogP) is 2.62. The molecule has 0 aliphatic carbocycles. The number of amides is 3. The highest BCUT2D eigenvalue weighted by atomic mass is 16.5. The van der Waals surface area contributed by atoms with Crippen LogP contribution in [0.4, 0.5) is 10.5 Å². The van der Waals surface area contributed by atoms with Crippen molar-refractivity contribution in [2.75, 3.05) is 25.5 Å². The van der Waals surface area contributed by atoms with Crippen LogP contribution >= 0.6 is 0 Å². The minimum Gasteiger partial charge on any atom is -0.467 e. The number of carbonyl (C=O) groups excluding carboxylic acids is 3. The maximum atomic E-state index is 12.6. The molecular weight excluding hydrogens is 374 g/mol. The number of rotatable bonds is 2.